The summed E-state index contributed by atoms with van der Waals surface area (Å²) in [5.74, 6) is 0.529. The average Bonchev–Trinajstić information content (AvgIpc) is 3.05. The van der Waals surface area contributed by atoms with Crippen LogP contribution in [-0.4, -0.2) is 41.9 Å². The molecule has 124 valence electrons. The van der Waals surface area contributed by atoms with Crippen LogP contribution >= 0.6 is 11.8 Å². The topological polar surface area (TPSA) is 82.6 Å². The Hall–Kier alpha value is -2.02. The SMILES string of the molecule is CCC(C)NC(=O)CNC(=O)c1cccc(NC2=NCCS2)c1. The summed E-state index contributed by atoms with van der Waals surface area (Å²) >= 11 is 1.66. The Bertz CT molecular complexity index is 603. The van der Waals surface area contributed by atoms with Gasteiger partial charge < -0.3 is 16.0 Å². The fourth-order valence-corrected chi connectivity index (χ4v) is 2.71. The second-order valence-electron chi connectivity index (χ2n) is 5.30. The molecule has 1 aliphatic heterocycles. The predicted octanol–water partition coefficient (Wildman–Crippen LogP) is 1.85. The molecule has 1 unspecified atom stereocenters. The molecule has 2 rings (SSSR count). The summed E-state index contributed by atoms with van der Waals surface area (Å²) < 4.78 is 0. The molecule has 0 bridgehead atoms. The van der Waals surface area contributed by atoms with Crippen LogP contribution in [0.2, 0.25) is 0 Å². The zero-order valence-corrected chi connectivity index (χ0v) is 14.2. The van der Waals surface area contributed by atoms with E-state index in [4.69, 9.17) is 0 Å². The van der Waals surface area contributed by atoms with Crippen molar-refractivity contribution < 1.29 is 9.59 Å². The van der Waals surface area contributed by atoms with Gasteiger partial charge in [-0.3, -0.25) is 14.6 Å². The minimum Gasteiger partial charge on any atom is -0.352 e. The highest BCUT2D eigenvalue weighted by Gasteiger charge is 2.11. The second-order valence-corrected chi connectivity index (χ2v) is 6.38. The van der Waals surface area contributed by atoms with E-state index in [-0.39, 0.29) is 24.4 Å². The van der Waals surface area contributed by atoms with Crippen molar-refractivity contribution in [2.75, 3.05) is 24.2 Å². The van der Waals surface area contributed by atoms with Crippen LogP contribution < -0.4 is 16.0 Å². The number of thioether (sulfide) groups is 1. The van der Waals surface area contributed by atoms with Crippen LogP contribution in [-0.2, 0) is 4.79 Å². The maximum Gasteiger partial charge on any atom is 0.251 e. The fourth-order valence-electron chi connectivity index (χ4n) is 1.96. The number of hydrogen-bond acceptors (Lipinski definition) is 5. The van der Waals surface area contributed by atoms with E-state index in [0.717, 1.165) is 29.6 Å². The van der Waals surface area contributed by atoms with E-state index >= 15 is 0 Å². The quantitative estimate of drug-likeness (QED) is 0.741. The maximum absolute atomic E-state index is 12.1. The highest BCUT2D eigenvalue weighted by Crippen LogP contribution is 2.17. The van der Waals surface area contributed by atoms with Gasteiger partial charge in [-0.1, -0.05) is 24.8 Å². The molecule has 1 aromatic carbocycles. The van der Waals surface area contributed by atoms with Gasteiger partial charge >= 0.3 is 0 Å². The lowest BCUT2D eigenvalue weighted by Gasteiger charge is -2.12. The van der Waals surface area contributed by atoms with Crippen molar-refractivity contribution in [3.8, 4) is 0 Å². The number of nitrogens with one attached hydrogen (secondary N) is 3. The average molecular weight is 334 g/mol. The van der Waals surface area contributed by atoms with Gasteiger partial charge in [-0.2, -0.15) is 0 Å². The van der Waals surface area contributed by atoms with Gasteiger partial charge in [0, 0.05) is 23.0 Å². The van der Waals surface area contributed by atoms with Gasteiger partial charge in [0.2, 0.25) is 5.91 Å². The molecule has 7 heteroatoms. The third kappa shape index (κ3) is 5.59. The monoisotopic (exact) mass is 334 g/mol. The van der Waals surface area contributed by atoms with E-state index in [0.29, 0.717) is 5.56 Å². The zero-order valence-electron chi connectivity index (χ0n) is 13.4. The Morgan fingerprint density at radius 1 is 1.39 bits per heavy atom. The van der Waals surface area contributed by atoms with Crippen molar-refractivity contribution in [3.05, 3.63) is 29.8 Å². The van der Waals surface area contributed by atoms with E-state index in [2.05, 4.69) is 20.9 Å². The van der Waals surface area contributed by atoms with Crippen LogP contribution in [0, 0.1) is 0 Å². The van der Waals surface area contributed by atoms with Crippen LogP contribution in [0.25, 0.3) is 0 Å². The number of rotatable bonds is 6. The first kappa shape index (κ1) is 17.3. The minimum atomic E-state index is -0.269. The summed E-state index contributed by atoms with van der Waals surface area (Å²) in [4.78, 5) is 28.1. The van der Waals surface area contributed by atoms with E-state index < -0.39 is 0 Å². The normalized spacial score (nSPS) is 14.8. The molecule has 1 aliphatic rings. The lowest BCUT2D eigenvalue weighted by atomic mass is 10.2. The van der Waals surface area contributed by atoms with E-state index in [1.807, 2.05) is 19.9 Å². The third-order valence-electron chi connectivity index (χ3n) is 3.39. The summed E-state index contributed by atoms with van der Waals surface area (Å²) in [7, 11) is 0. The molecular formula is C16H22N4O2S. The number of benzene rings is 1. The predicted molar refractivity (Wildman–Crippen MR) is 95.1 cm³/mol. The molecule has 0 fully saturated rings. The molecule has 0 radical (unpaired) electrons. The number of amidine groups is 1. The van der Waals surface area contributed by atoms with Crippen molar-refractivity contribution in [2.45, 2.75) is 26.3 Å². The number of anilines is 1. The molecule has 2 amide bonds. The number of carbonyl (C=O) groups excluding carboxylic acids is 2. The molecule has 0 aliphatic carbocycles. The Kier molecular flexibility index (Phi) is 6.46. The first-order valence-corrected chi connectivity index (χ1v) is 8.69. The first-order chi connectivity index (χ1) is 11.1. The Balaban J connectivity index is 1.88. The Labute approximate surface area is 140 Å². The maximum atomic E-state index is 12.1. The largest absolute Gasteiger partial charge is 0.352 e. The molecule has 0 aromatic heterocycles. The van der Waals surface area contributed by atoms with Gasteiger partial charge in [-0.05, 0) is 31.5 Å². The van der Waals surface area contributed by atoms with Crippen LogP contribution in [0.4, 0.5) is 5.69 Å². The lowest BCUT2D eigenvalue weighted by Crippen LogP contribution is -2.40. The standard InChI is InChI=1S/C16H22N4O2S/c1-3-11(2)19-14(21)10-18-15(22)12-5-4-6-13(9-12)20-16-17-7-8-23-16/h4-6,9,11H,3,7-8,10H2,1-2H3,(H,17,20)(H,18,22)(H,19,21). The fraction of sp³-hybridized carbons (Fsp3) is 0.438. The van der Waals surface area contributed by atoms with Gasteiger partial charge in [-0.15, -0.1) is 0 Å². The van der Waals surface area contributed by atoms with E-state index in [1.165, 1.54) is 0 Å². The number of hydrogen-bond donors (Lipinski definition) is 3. The van der Waals surface area contributed by atoms with Crippen LogP contribution in [0.1, 0.15) is 30.6 Å². The molecule has 1 aromatic rings. The second kappa shape index (κ2) is 8.57. The first-order valence-electron chi connectivity index (χ1n) is 7.70. The van der Waals surface area contributed by atoms with Crippen LogP contribution in [0.3, 0.4) is 0 Å². The Morgan fingerprint density at radius 3 is 2.91 bits per heavy atom. The van der Waals surface area contributed by atoms with Gasteiger partial charge in [-0.25, -0.2) is 0 Å². The number of amides is 2. The molecule has 1 heterocycles. The third-order valence-corrected chi connectivity index (χ3v) is 4.28. The highest BCUT2D eigenvalue weighted by atomic mass is 32.2. The minimum absolute atomic E-state index is 0.0244. The molecule has 0 saturated heterocycles. The smallest absolute Gasteiger partial charge is 0.251 e. The number of carbonyl (C=O) groups is 2. The van der Waals surface area contributed by atoms with Crippen molar-refractivity contribution in [1.82, 2.24) is 10.6 Å². The van der Waals surface area contributed by atoms with Gasteiger partial charge in [0.25, 0.3) is 5.91 Å². The number of nitrogens with zero attached hydrogens (tertiary/aromatic N) is 1. The van der Waals surface area contributed by atoms with Crippen molar-refractivity contribution >= 4 is 34.4 Å². The molecule has 1 atom stereocenters. The highest BCUT2D eigenvalue weighted by molar-refractivity contribution is 8.14. The van der Waals surface area contributed by atoms with Crippen molar-refractivity contribution in [2.24, 2.45) is 4.99 Å². The summed E-state index contributed by atoms with van der Waals surface area (Å²) in [6.45, 7) is 4.72. The van der Waals surface area contributed by atoms with Gasteiger partial charge in [0.15, 0.2) is 5.17 Å². The summed E-state index contributed by atoms with van der Waals surface area (Å²) in [6.07, 6.45) is 0.856. The molecule has 3 N–H and O–H groups in total. The van der Waals surface area contributed by atoms with Crippen molar-refractivity contribution in [1.29, 1.82) is 0 Å². The van der Waals surface area contributed by atoms with Gasteiger partial charge in [0.1, 0.15) is 0 Å². The molecule has 6 nitrogen and oxygen atoms in total. The summed E-state index contributed by atoms with van der Waals surface area (Å²) in [6, 6.07) is 7.27. The molecule has 0 spiro atoms. The van der Waals surface area contributed by atoms with Gasteiger partial charge in [0.05, 0.1) is 13.1 Å². The van der Waals surface area contributed by atoms with E-state index in [9.17, 15) is 9.59 Å². The van der Waals surface area contributed by atoms with Crippen LogP contribution in [0.15, 0.2) is 29.3 Å². The molecular weight excluding hydrogens is 312 g/mol. The molecule has 23 heavy (non-hydrogen) atoms. The zero-order chi connectivity index (χ0) is 16.7. The van der Waals surface area contributed by atoms with Crippen molar-refractivity contribution in [3.63, 3.8) is 0 Å². The lowest BCUT2D eigenvalue weighted by molar-refractivity contribution is -0.120. The van der Waals surface area contributed by atoms with Crippen LogP contribution in [0.5, 0.6) is 0 Å². The number of aliphatic imine (C=N–C) groups is 1. The van der Waals surface area contributed by atoms with E-state index in [1.54, 1.807) is 30.0 Å². The summed E-state index contributed by atoms with van der Waals surface area (Å²) in [5, 5.41) is 9.51. The molecule has 0 saturated carbocycles. The summed E-state index contributed by atoms with van der Waals surface area (Å²) in [5.41, 5.74) is 1.32. The Morgan fingerprint density at radius 2 is 2.22 bits per heavy atom.